The molecule has 0 aromatic heterocycles. The van der Waals surface area contributed by atoms with E-state index in [1.165, 1.54) is 36.0 Å². The first-order valence-electron chi connectivity index (χ1n) is 10.5. The first-order chi connectivity index (χ1) is 13.6. The van der Waals surface area contributed by atoms with Crippen molar-refractivity contribution in [2.45, 2.75) is 64.1 Å². The average Bonchev–Trinajstić information content (AvgIpc) is 3.17. The lowest BCUT2D eigenvalue weighted by atomic mass is 9.80. The maximum Gasteiger partial charge on any atom is 0.198 e. The predicted octanol–water partition coefficient (Wildman–Crippen LogP) is 6.49. The summed E-state index contributed by atoms with van der Waals surface area (Å²) in [6, 6.07) is 15.0. The molecule has 0 unspecified atom stereocenters. The highest BCUT2D eigenvalue weighted by molar-refractivity contribution is 6.30. The van der Waals surface area contributed by atoms with Crippen molar-refractivity contribution in [2.75, 3.05) is 0 Å². The van der Waals surface area contributed by atoms with Gasteiger partial charge < -0.3 is 4.74 Å². The Morgan fingerprint density at radius 1 is 1.14 bits per heavy atom. The lowest BCUT2D eigenvalue weighted by Gasteiger charge is -2.50. The van der Waals surface area contributed by atoms with Gasteiger partial charge in [-0.3, -0.25) is 0 Å². The third kappa shape index (κ3) is 2.91. The Balaban J connectivity index is 1.56. The summed E-state index contributed by atoms with van der Waals surface area (Å²) in [7, 11) is 0. The molecule has 5 rings (SSSR count). The van der Waals surface area contributed by atoms with Crippen molar-refractivity contribution in [3.8, 4) is 5.75 Å². The molecule has 4 heteroatoms. The molecule has 28 heavy (non-hydrogen) atoms. The summed E-state index contributed by atoms with van der Waals surface area (Å²) in [5, 5.41) is 8.19. The van der Waals surface area contributed by atoms with Crippen molar-refractivity contribution in [3.63, 3.8) is 0 Å². The Labute approximate surface area is 172 Å². The van der Waals surface area contributed by atoms with Crippen molar-refractivity contribution in [3.05, 3.63) is 64.2 Å². The van der Waals surface area contributed by atoms with Gasteiger partial charge in [0.05, 0.1) is 11.8 Å². The van der Waals surface area contributed by atoms with Crippen LogP contribution in [-0.2, 0) is 0 Å². The molecule has 1 saturated carbocycles. The lowest BCUT2D eigenvalue weighted by Crippen LogP contribution is -2.55. The van der Waals surface area contributed by atoms with Crippen molar-refractivity contribution in [1.29, 1.82) is 0 Å². The molecule has 0 saturated heterocycles. The molecular formula is C24H27ClN2O. The molecule has 1 spiro atoms. The smallest absolute Gasteiger partial charge is 0.198 e. The number of aryl methyl sites for hydroxylation is 1. The van der Waals surface area contributed by atoms with Crippen LogP contribution in [0.25, 0.3) is 0 Å². The summed E-state index contributed by atoms with van der Waals surface area (Å²) in [6.07, 6.45) is 6.64. The normalized spacial score (nSPS) is 28.5. The van der Waals surface area contributed by atoms with Gasteiger partial charge in [0.1, 0.15) is 5.75 Å². The fourth-order valence-corrected chi connectivity index (χ4v) is 5.22. The van der Waals surface area contributed by atoms with Gasteiger partial charge in [0, 0.05) is 29.8 Å². The zero-order valence-electron chi connectivity index (χ0n) is 16.6. The fraction of sp³-hybridized carbons (Fsp3) is 0.458. The number of nitrogens with zero attached hydrogens (tertiary/aromatic N) is 2. The molecule has 2 aromatic carbocycles. The number of hydrogen-bond donors (Lipinski definition) is 0. The SMILES string of the molecule is CCC1CCC2(CC1)Oc1ccc(Cl)cc1[C@H]1CC(c3ccc(C)cc3)=NN12. The van der Waals surface area contributed by atoms with Crippen LogP contribution < -0.4 is 4.74 Å². The minimum atomic E-state index is -0.316. The van der Waals surface area contributed by atoms with Crippen molar-refractivity contribution < 1.29 is 4.74 Å². The number of hydrazone groups is 1. The monoisotopic (exact) mass is 394 g/mol. The summed E-state index contributed by atoms with van der Waals surface area (Å²) in [6.45, 7) is 4.42. The molecule has 1 aliphatic carbocycles. The largest absolute Gasteiger partial charge is 0.466 e. The van der Waals surface area contributed by atoms with Crippen LogP contribution in [0.2, 0.25) is 5.02 Å². The summed E-state index contributed by atoms with van der Waals surface area (Å²) in [5.41, 5.74) is 4.49. The van der Waals surface area contributed by atoms with E-state index in [0.29, 0.717) is 0 Å². The van der Waals surface area contributed by atoms with E-state index >= 15 is 0 Å². The highest BCUT2D eigenvalue weighted by Gasteiger charge is 2.51. The number of benzene rings is 2. The minimum Gasteiger partial charge on any atom is -0.466 e. The molecule has 1 fully saturated rings. The molecule has 3 aliphatic rings. The summed E-state index contributed by atoms with van der Waals surface area (Å²) in [5.74, 6) is 1.79. The Morgan fingerprint density at radius 2 is 1.89 bits per heavy atom. The van der Waals surface area contributed by atoms with E-state index in [-0.39, 0.29) is 11.8 Å². The minimum absolute atomic E-state index is 0.205. The van der Waals surface area contributed by atoms with Crippen LogP contribution in [-0.4, -0.2) is 16.4 Å². The lowest BCUT2D eigenvalue weighted by molar-refractivity contribution is -0.146. The highest BCUT2D eigenvalue weighted by Crippen LogP contribution is 2.52. The van der Waals surface area contributed by atoms with E-state index in [9.17, 15) is 0 Å². The van der Waals surface area contributed by atoms with E-state index in [1.54, 1.807) is 0 Å². The number of rotatable bonds is 2. The second-order valence-electron chi connectivity index (χ2n) is 8.56. The van der Waals surface area contributed by atoms with Gasteiger partial charge in [-0.05, 0) is 49.4 Å². The molecule has 1 atom stereocenters. The summed E-state index contributed by atoms with van der Waals surface area (Å²) in [4.78, 5) is 0. The molecule has 2 aliphatic heterocycles. The first-order valence-corrected chi connectivity index (χ1v) is 10.9. The maximum atomic E-state index is 6.69. The van der Waals surface area contributed by atoms with Gasteiger partial charge in [0.2, 0.25) is 0 Å². The zero-order chi connectivity index (χ0) is 19.3. The highest BCUT2D eigenvalue weighted by atomic mass is 35.5. The van der Waals surface area contributed by atoms with Crippen LogP contribution in [0, 0.1) is 12.8 Å². The van der Waals surface area contributed by atoms with Crippen molar-refractivity contribution in [2.24, 2.45) is 11.0 Å². The molecule has 0 N–H and O–H groups in total. The number of hydrogen-bond acceptors (Lipinski definition) is 3. The van der Waals surface area contributed by atoms with E-state index in [0.717, 1.165) is 41.7 Å². The first kappa shape index (κ1) is 18.1. The predicted molar refractivity (Wildman–Crippen MR) is 114 cm³/mol. The summed E-state index contributed by atoms with van der Waals surface area (Å²) < 4.78 is 6.69. The molecular weight excluding hydrogens is 368 g/mol. The number of halogens is 1. The Bertz CT molecular complexity index is 913. The Morgan fingerprint density at radius 3 is 2.61 bits per heavy atom. The molecule has 0 bridgehead atoms. The van der Waals surface area contributed by atoms with Crippen LogP contribution in [0.4, 0.5) is 0 Å². The van der Waals surface area contributed by atoms with Crippen LogP contribution >= 0.6 is 11.6 Å². The molecule has 2 aromatic rings. The van der Waals surface area contributed by atoms with Gasteiger partial charge in [-0.2, -0.15) is 5.10 Å². The second-order valence-corrected chi connectivity index (χ2v) is 9.00. The van der Waals surface area contributed by atoms with E-state index < -0.39 is 0 Å². The van der Waals surface area contributed by atoms with Gasteiger partial charge in [0.25, 0.3) is 0 Å². The van der Waals surface area contributed by atoms with Gasteiger partial charge in [0.15, 0.2) is 5.72 Å². The van der Waals surface area contributed by atoms with E-state index in [2.05, 4.69) is 49.2 Å². The van der Waals surface area contributed by atoms with Gasteiger partial charge in [-0.15, -0.1) is 0 Å². The third-order valence-corrected chi connectivity index (χ3v) is 7.04. The zero-order valence-corrected chi connectivity index (χ0v) is 17.4. The van der Waals surface area contributed by atoms with Crippen LogP contribution in [0.1, 0.15) is 68.2 Å². The molecule has 0 radical (unpaired) electrons. The van der Waals surface area contributed by atoms with Gasteiger partial charge in [-0.25, -0.2) is 5.01 Å². The quantitative estimate of drug-likeness (QED) is 0.581. The van der Waals surface area contributed by atoms with Crippen molar-refractivity contribution >= 4 is 17.3 Å². The summed E-state index contributed by atoms with van der Waals surface area (Å²) >= 11 is 6.34. The standard InChI is InChI=1S/C24H27ClN2O/c1-3-17-10-12-24(13-11-17)27-22(20-14-19(25)8-9-23(20)28-24)15-21(26-27)18-6-4-16(2)5-7-18/h4-9,14,17,22H,3,10-13,15H2,1-2H3/t17?,22-,24?/m1/s1. The van der Waals surface area contributed by atoms with Crippen LogP contribution in [0.3, 0.4) is 0 Å². The van der Waals surface area contributed by atoms with Crippen molar-refractivity contribution in [1.82, 2.24) is 5.01 Å². The molecule has 146 valence electrons. The van der Waals surface area contributed by atoms with Crippen LogP contribution in [0.5, 0.6) is 5.75 Å². The fourth-order valence-electron chi connectivity index (χ4n) is 5.04. The van der Waals surface area contributed by atoms with Gasteiger partial charge in [-0.1, -0.05) is 54.8 Å². The third-order valence-electron chi connectivity index (χ3n) is 6.81. The molecule has 0 amide bonds. The number of fused-ring (bicyclic) bond motifs is 4. The van der Waals surface area contributed by atoms with Crippen LogP contribution in [0.15, 0.2) is 47.6 Å². The van der Waals surface area contributed by atoms with E-state index in [1.807, 2.05) is 12.1 Å². The molecule has 3 nitrogen and oxygen atoms in total. The topological polar surface area (TPSA) is 24.8 Å². The van der Waals surface area contributed by atoms with Gasteiger partial charge >= 0.3 is 0 Å². The maximum absolute atomic E-state index is 6.69. The molecule has 2 heterocycles. The number of ether oxygens (including phenoxy) is 1. The Hall–Kier alpha value is -2.00. The second kappa shape index (κ2) is 6.81. The average molecular weight is 395 g/mol. The Kier molecular flexibility index (Phi) is 4.39. The van der Waals surface area contributed by atoms with E-state index in [4.69, 9.17) is 21.4 Å².